The van der Waals surface area contributed by atoms with Gasteiger partial charge in [0, 0.05) is 23.1 Å². The van der Waals surface area contributed by atoms with Crippen molar-refractivity contribution in [3.8, 4) is 23.0 Å². The van der Waals surface area contributed by atoms with Gasteiger partial charge < -0.3 is 16.2 Å². The summed E-state index contributed by atoms with van der Waals surface area (Å²) in [6.45, 7) is 1.69. The molecule has 2 aromatic heterocycles. The van der Waals surface area contributed by atoms with Crippen LogP contribution in [0.5, 0.6) is 0 Å². The van der Waals surface area contributed by atoms with Crippen LogP contribution < -0.4 is 11.1 Å². The first-order valence-corrected chi connectivity index (χ1v) is 15.4. The predicted octanol–water partition coefficient (Wildman–Crippen LogP) is 5.91. The van der Waals surface area contributed by atoms with Crippen molar-refractivity contribution >= 4 is 11.8 Å². The number of amides is 2. The van der Waals surface area contributed by atoms with Crippen LogP contribution in [0.1, 0.15) is 76.5 Å². The first kappa shape index (κ1) is 35.5. The number of halogens is 8. The third kappa shape index (κ3) is 7.16. The van der Waals surface area contributed by atoms with Gasteiger partial charge in [-0.25, -0.2) is 18.2 Å². The molecule has 51 heavy (non-hydrogen) atoms. The van der Waals surface area contributed by atoms with E-state index in [0.29, 0.717) is 10.7 Å². The maximum absolute atomic E-state index is 15.2. The van der Waals surface area contributed by atoms with Crippen molar-refractivity contribution in [1.82, 2.24) is 20.1 Å². The van der Waals surface area contributed by atoms with Crippen molar-refractivity contribution in [1.29, 1.82) is 0 Å². The van der Waals surface area contributed by atoms with Gasteiger partial charge in [0.05, 0.1) is 17.3 Å². The first-order chi connectivity index (χ1) is 23.7. The Bertz CT molecular complexity index is 2130. The van der Waals surface area contributed by atoms with Gasteiger partial charge in [0.1, 0.15) is 41.0 Å². The minimum absolute atomic E-state index is 0.0105. The number of rotatable bonds is 8. The van der Waals surface area contributed by atoms with Crippen LogP contribution in [0.3, 0.4) is 0 Å². The lowest BCUT2D eigenvalue weighted by molar-refractivity contribution is -0.142. The zero-order valence-corrected chi connectivity index (χ0v) is 26.7. The normalized spacial score (nSPS) is 17.9. The molecule has 0 aliphatic heterocycles. The molecule has 1 saturated carbocycles. The molecule has 3 atom stereocenters. The summed E-state index contributed by atoms with van der Waals surface area (Å²) in [4.78, 5) is 30.1. The molecular weight excluding hydrogens is 690 g/mol. The van der Waals surface area contributed by atoms with Crippen LogP contribution in [0.2, 0.25) is 0 Å². The van der Waals surface area contributed by atoms with Gasteiger partial charge in [-0.2, -0.15) is 27.1 Å². The number of carbonyl (C=O) groups is 2. The maximum atomic E-state index is 15.2. The Hall–Kier alpha value is -5.30. The van der Waals surface area contributed by atoms with E-state index >= 15 is 8.78 Å². The van der Waals surface area contributed by atoms with Gasteiger partial charge >= 0.3 is 6.18 Å². The number of hydrogen-bond donors (Lipinski definition) is 3. The van der Waals surface area contributed by atoms with E-state index < -0.39 is 100 Å². The zero-order valence-electron chi connectivity index (χ0n) is 26.7. The van der Waals surface area contributed by atoms with Crippen LogP contribution in [-0.2, 0) is 29.9 Å². The van der Waals surface area contributed by atoms with Crippen LogP contribution in [0, 0.1) is 35.2 Å². The van der Waals surface area contributed by atoms with Crippen LogP contribution >= 0.6 is 0 Å². The molecule has 1 fully saturated rings. The molecule has 0 saturated heterocycles. The molecular formula is C35H27F8N5O3. The van der Waals surface area contributed by atoms with E-state index in [1.54, 1.807) is 0 Å². The minimum Gasteiger partial charge on any atom is -0.378 e. The van der Waals surface area contributed by atoms with E-state index in [1.807, 2.05) is 0 Å². The van der Waals surface area contributed by atoms with E-state index in [2.05, 4.69) is 27.2 Å². The lowest BCUT2D eigenvalue weighted by Crippen LogP contribution is -2.35. The van der Waals surface area contributed by atoms with Crippen molar-refractivity contribution in [2.45, 2.75) is 62.9 Å². The molecule has 0 bridgehead atoms. The Morgan fingerprint density at radius 3 is 2.39 bits per heavy atom. The summed E-state index contributed by atoms with van der Waals surface area (Å²) in [7, 11) is 0. The summed E-state index contributed by atoms with van der Waals surface area (Å²) >= 11 is 0. The molecule has 1 unspecified atom stereocenters. The van der Waals surface area contributed by atoms with E-state index in [0.717, 1.165) is 24.3 Å². The summed E-state index contributed by atoms with van der Waals surface area (Å²) < 4.78 is 115. The maximum Gasteiger partial charge on any atom is 0.435 e. The van der Waals surface area contributed by atoms with Gasteiger partial charge in [0.15, 0.2) is 5.69 Å². The number of carbonyl (C=O) groups excluding carboxylic acids is 2. The fraction of sp³-hybridized carbons (Fsp3) is 0.314. The Morgan fingerprint density at radius 2 is 1.76 bits per heavy atom. The van der Waals surface area contributed by atoms with E-state index in [9.17, 15) is 41.0 Å². The second-order valence-electron chi connectivity index (χ2n) is 12.9. The van der Waals surface area contributed by atoms with E-state index in [-0.39, 0.29) is 34.5 Å². The van der Waals surface area contributed by atoms with Crippen molar-refractivity contribution in [3.05, 3.63) is 105 Å². The number of nitrogens with zero attached hydrogens (tertiary/aromatic N) is 3. The quantitative estimate of drug-likeness (QED) is 0.155. The third-order valence-electron chi connectivity index (χ3n) is 8.49. The summed E-state index contributed by atoms with van der Waals surface area (Å²) in [5, 5.41) is 16.0. The number of nitrogens with two attached hydrogens (primary N) is 1. The summed E-state index contributed by atoms with van der Waals surface area (Å²) in [5.41, 5.74) is 0.322. The van der Waals surface area contributed by atoms with Gasteiger partial charge in [0.2, 0.25) is 5.91 Å². The Balaban J connectivity index is 1.46. The number of pyridine rings is 1. The molecule has 2 amide bonds. The van der Waals surface area contributed by atoms with Crippen molar-refractivity contribution in [2.75, 3.05) is 0 Å². The molecule has 6 rings (SSSR count). The van der Waals surface area contributed by atoms with Gasteiger partial charge in [-0.15, -0.1) is 0 Å². The minimum atomic E-state index is -5.08. The lowest BCUT2D eigenvalue weighted by atomic mass is 9.94. The average Bonchev–Trinajstić information content (AvgIpc) is 3.67. The zero-order chi connectivity index (χ0) is 37.2. The highest BCUT2D eigenvalue weighted by molar-refractivity contribution is 5.94. The molecule has 4 N–H and O–H groups in total. The van der Waals surface area contributed by atoms with E-state index in [1.165, 1.54) is 32.0 Å². The largest absolute Gasteiger partial charge is 0.435 e. The molecule has 4 aromatic rings. The summed E-state index contributed by atoms with van der Waals surface area (Å²) in [5.74, 6) is -6.03. The SMILES string of the molecule is CC(C)(O)C#Cc1ccc(-c2ccc(F)c(C(N)=O)c2)c([C@H](Cc2cc(F)cc(F)c2)NC(=O)Cn2nc(C(F)(F)F)c3c2C(F)(F)C2C[C@H]32)n1. The Kier molecular flexibility index (Phi) is 8.69. The van der Waals surface area contributed by atoms with Crippen molar-refractivity contribution in [2.24, 2.45) is 11.7 Å². The predicted molar refractivity (Wildman–Crippen MR) is 164 cm³/mol. The third-order valence-corrected chi connectivity index (χ3v) is 8.49. The number of primary amides is 1. The molecule has 2 heterocycles. The van der Waals surface area contributed by atoms with Gasteiger partial charge in [0.25, 0.3) is 11.8 Å². The molecule has 0 spiro atoms. The second kappa shape index (κ2) is 12.5. The number of hydrogen-bond acceptors (Lipinski definition) is 5. The van der Waals surface area contributed by atoms with E-state index in [4.69, 9.17) is 5.73 Å². The molecule has 16 heteroatoms. The monoisotopic (exact) mass is 717 g/mol. The Labute approximate surface area is 284 Å². The number of nitrogens with one attached hydrogen (secondary N) is 1. The van der Waals surface area contributed by atoms with Gasteiger partial charge in [-0.1, -0.05) is 12.0 Å². The fourth-order valence-electron chi connectivity index (χ4n) is 6.30. The molecule has 2 aliphatic carbocycles. The molecule has 8 nitrogen and oxygen atoms in total. The standard InChI is InChI=1S/C35H27F8N5O3/c1-33(2,51)8-7-20-4-5-21(17-3-6-25(38)23(12-17)32(44)50)29(45-20)26(11-16-9-18(36)13-19(37)10-16)46-27(49)15-48-31-28(30(47-48)35(41,42)43)22-14-24(22)34(31,39)40/h3-6,9-10,12-13,22,24,26,51H,11,14-15H2,1-2H3,(H2,44,50)(H,46,49)/t22-,24?,26-/m0/s1. The molecule has 266 valence electrons. The Morgan fingerprint density at radius 1 is 1.08 bits per heavy atom. The molecule has 2 aromatic carbocycles. The number of benzene rings is 2. The van der Waals surface area contributed by atoms with Gasteiger partial charge in [-0.3, -0.25) is 14.3 Å². The number of aliphatic hydroxyl groups is 1. The topological polar surface area (TPSA) is 123 Å². The van der Waals surface area contributed by atoms with Crippen LogP contribution in [0.25, 0.3) is 11.1 Å². The lowest BCUT2D eigenvalue weighted by Gasteiger charge is -2.23. The number of aromatic nitrogens is 3. The number of alkyl halides is 5. The van der Waals surface area contributed by atoms with Crippen molar-refractivity contribution in [3.63, 3.8) is 0 Å². The highest BCUT2D eigenvalue weighted by Gasteiger charge is 2.68. The van der Waals surface area contributed by atoms with Crippen LogP contribution in [-0.4, -0.2) is 37.3 Å². The number of fused-ring (bicyclic) bond motifs is 3. The highest BCUT2D eigenvalue weighted by Crippen LogP contribution is 2.68. The smallest absolute Gasteiger partial charge is 0.378 e. The molecule has 0 radical (unpaired) electrons. The summed E-state index contributed by atoms with van der Waals surface area (Å²) in [6, 6.07) is 7.20. The highest BCUT2D eigenvalue weighted by atomic mass is 19.4. The summed E-state index contributed by atoms with van der Waals surface area (Å²) in [6.07, 6.45) is -5.65. The average molecular weight is 718 g/mol. The van der Waals surface area contributed by atoms with Crippen molar-refractivity contribution < 1.29 is 49.8 Å². The first-order valence-electron chi connectivity index (χ1n) is 15.4. The van der Waals surface area contributed by atoms with Crippen LogP contribution in [0.15, 0.2) is 48.5 Å². The fourth-order valence-corrected chi connectivity index (χ4v) is 6.30. The van der Waals surface area contributed by atoms with Crippen LogP contribution in [0.4, 0.5) is 35.1 Å². The second-order valence-corrected chi connectivity index (χ2v) is 12.9. The molecule has 2 aliphatic rings. The van der Waals surface area contributed by atoms with Gasteiger partial charge in [-0.05, 0) is 86.1 Å².